The summed E-state index contributed by atoms with van der Waals surface area (Å²) in [6.07, 6.45) is 4.24. The fourth-order valence-corrected chi connectivity index (χ4v) is 1.82. The maximum Gasteiger partial charge on any atom is 0.252 e. The lowest BCUT2D eigenvalue weighted by atomic mass is 10.2. The van der Waals surface area contributed by atoms with Crippen LogP contribution >= 0.6 is 12.6 Å². The van der Waals surface area contributed by atoms with Gasteiger partial charge in [0, 0.05) is 24.2 Å². The van der Waals surface area contributed by atoms with Gasteiger partial charge in [-0.15, -0.1) is 17.7 Å². The second-order valence-corrected chi connectivity index (χ2v) is 4.27. The Morgan fingerprint density at radius 1 is 1.39 bits per heavy atom. The lowest BCUT2D eigenvalue weighted by Gasteiger charge is -2.06. The van der Waals surface area contributed by atoms with Crippen molar-refractivity contribution in [2.24, 2.45) is 0 Å². The summed E-state index contributed by atoms with van der Waals surface area (Å²) >= 11 is 4.25. The number of aromatic nitrogens is 3. The number of nitrogens with zero attached hydrogens (tertiary/aromatic N) is 3. The first-order valence-corrected chi connectivity index (χ1v) is 6.12. The smallest absolute Gasteiger partial charge is 0.252 e. The van der Waals surface area contributed by atoms with Crippen molar-refractivity contribution >= 4 is 18.5 Å². The molecule has 1 N–H and O–H groups in total. The average molecular weight is 262 g/mol. The molecule has 0 aliphatic rings. The van der Waals surface area contributed by atoms with Crippen LogP contribution in [0.15, 0.2) is 41.6 Å². The van der Waals surface area contributed by atoms with Gasteiger partial charge >= 0.3 is 0 Å². The van der Waals surface area contributed by atoms with Gasteiger partial charge in [-0.05, 0) is 18.6 Å². The Bertz CT molecular complexity index is 513. The summed E-state index contributed by atoms with van der Waals surface area (Å²) in [5.41, 5.74) is 0.599. The van der Waals surface area contributed by atoms with Gasteiger partial charge in [0.2, 0.25) is 0 Å². The van der Waals surface area contributed by atoms with Gasteiger partial charge in [0.15, 0.2) is 0 Å². The largest absolute Gasteiger partial charge is 0.352 e. The molecule has 1 aromatic carbocycles. The van der Waals surface area contributed by atoms with Gasteiger partial charge in [0.05, 0.1) is 11.8 Å². The van der Waals surface area contributed by atoms with E-state index in [4.69, 9.17) is 0 Å². The Morgan fingerprint density at radius 3 is 2.94 bits per heavy atom. The number of rotatable bonds is 5. The first-order valence-electron chi connectivity index (χ1n) is 5.67. The number of carbonyl (C=O) groups is 1. The van der Waals surface area contributed by atoms with E-state index in [0.29, 0.717) is 17.0 Å². The first-order chi connectivity index (χ1) is 8.77. The van der Waals surface area contributed by atoms with E-state index in [1.807, 2.05) is 12.1 Å². The van der Waals surface area contributed by atoms with E-state index in [2.05, 4.69) is 28.3 Å². The minimum atomic E-state index is -0.0980. The van der Waals surface area contributed by atoms with Gasteiger partial charge in [-0.1, -0.05) is 17.3 Å². The Morgan fingerprint density at radius 2 is 2.22 bits per heavy atom. The van der Waals surface area contributed by atoms with Crippen molar-refractivity contribution < 1.29 is 4.79 Å². The summed E-state index contributed by atoms with van der Waals surface area (Å²) in [6, 6.07) is 7.23. The number of nitrogens with one attached hydrogen (secondary N) is 1. The van der Waals surface area contributed by atoms with Gasteiger partial charge in [0.1, 0.15) is 0 Å². The van der Waals surface area contributed by atoms with Crippen molar-refractivity contribution in [3.8, 4) is 0 Å². The monoisotopic (exact) mass is 262 g/mol. The molecule has 18 heavy (non-hydrogen) atoms. The van der Waals surface area contributed by atoms with E-state index in [0.717, 1.165) is 13.0 Å². The molecule has 2 aromatic rings. The van der Waals surface area contributed by atoms with Crippen LogP contribution in [0.4, 0.5) is 0 Å². The molecule has 0 atom stereocenters. The third-order valence-corrected chi connectivity index (χ3v) is 2.86. The van der Waals surface area contributed by atoms with Crippen molar-refractivity contribution in [2.45, 2.75) is 17.9 Å². The molecule has 2 rings (SSSR count). The fraction of sp³-hybridized carbons (Fsp3) is 0.250. The van der Waals surface area contributed by atoms with E-state index < -0.39 is 0 Å². The summed E-state index contributed by atoms with van der Waals surface area (Å²) < 4.78 is 1.73. The molecule has 1 aromatic heterocycles. The third-order valence-electron chi connectivity index (χ3n) is 2.47. The molecule has 0 bridgehead atoms. The van der Waals surface area contributed by atoms with Crippen LogP contribution in [0.2, 0.25) is 0 Å². The van der Waals surface area contributed by atoms with Crippen LogP contribution in [-0.2, 0) is 6.54 Å². The molecule has 1 heterocycles. The van der Waals surface area contributed by atoms with E-state index in [1.54, 1.807) is 29.2 Å². The van der Waals surface area contributed by atoms with E-state index in [1.165, 1.54) is 0 Å². The highest BCUT2D eigenvalue weighted by atomic mass is 32.1. The maximum atomic E-state index is 11.8. The Balaban J connectivity index is 1.77. The van der Waals surface area contributed by atoms with Crippen molar-refractivity contribution in [2.75, 3.05) is 6.54 Å². The molecule has 5 nitrogen and oxygen atoms in total. The zero-order valence-corrected chi connectivity index (χ0v) is 10.7. The lowest BCUT2D eigenvalue weighted by Crippen LogP contribution is -2.25. The number of carbonyl (C=O) groups excluding carboxylic acids is 1. The minimum absolute atomic E-state index is 0.0980. The van der Waals surface area contributed by atoms with Gasteiger partial charge in [0.25, 0.3) is 5.91 Å². The molecule has 0 unspecified atom stereocenters. The number of thiol groups is 1. The summed E-state index contributed by atoms with van der Waals surface area (Å²) in [6.45, 7) is 1.34. The molecule has 94 valence electrons. The van der Waals surface area contributed by atoms with E-state index >= 15 is 0 Å². The van der Waals surface area contributed by atoms with Crippen LogP contribution in [0.1, 0.15) is 16.8 Å². The molecule has 0 fully saturated rings. The zero-order chi connectivity index (χ0) is 12.8. The number of aryl methyl sites for hydroxylation is 1. The predicted octanol–water partition coefficient (Wildman–Crippen LogP) is 1.39. The SMILES string of the molecule is O=C(NCCCn1ccnn1)c1ccccc1S. The second-order valence-electron chi connectivity index (χ2n) is 3.79. The zero-order valence-electron chi connectivity index (χ0n) is 9.78. The molecular formula is C12H14N4OS. The standard InChI is InChI=1S/C12H14N4OS/c17-12(10-4-1-2-5-11(10)18)13-6-3-8-16-9-7-14-15-16/h1-2,4-5,7,9,18H,3,6,8H2,(H,13,17). The normalized spacial score (nSPS) is 10.3. The van der Waals surface area contributed by atoms with Gasteiger partial charge in [-0.25, -0.2) is 0 Å². The maximum absolute atomic E-state index is 11.8. The van der Waals surface area contributed by atoms with Gasteiger partial charge in [-0.3, -0.25) is 9.48 Å². The van der Waals surface area contributed by atoms with Gasteiger partial charge < -0.3 is 5.32 Å². The molecule has 0 saturated carbocycles. The Labute approximate surface area is 111 Å². The number of hydrogen-bond acceptors (Lipinski definition) is 4. The summed E-state index contributed by atoms with van der Waals surface area (Å²) in [4.78, 5) is 12.5. The molecular weight excluding hydrogens is 248 g/mol. The Hall–Kier alpha value is -1.82. The highest BCUT2D eigenvalue weighted by molar-refractivity contribution is 7.80. The number of hydrogen-bond donors (Lipinski definition) is 2. The molecule has 0 saturated heterocycles. The molecule has 6 heteroatoms. The third kappa shape index (κ3) is 3.33. The van der Waals surface area contributed by atoms with Crippen LogP contribution in [-0.4, -0.2) is 27.4 Å². The van der Waals surface area contributed by atoms with Gasteiger partial charge in [-0.2, -0.15) is 0 Å². The van der Waals surface area contributed by atoms with Crippen LogP contribution < -0.4 is 5.32 Å². The predicted molar refractivity (Wildman–Crippen MR) is 70.7 cm³/mol. The molecule has 0 radical (unpaired) electrons. The van der Waals surface area contributed by atoms with Crippen LogP contribution in [0.25, 0.3) is 0 Å². The second kappa shape index (κ2) is 6.20. The van der Waals surface area contributed by atoms with E-state index in [9.17, 15) is 4.79 Å². The fourth-order valence-electron chi connectivity index (χ4n) is 1.56. The lowest BCUT2D eigenvalue weighted by molar-refractivity contribution is 0.0949. The topological polar surface area (TPSA) is 59.8 Å². The number of amides is 1. The number of benzene rings is 1. The molecule has 0 aliphatic carbocycles. The quantitative estimate of drug-likeness (QED) is 0.632. The molecule has 0 spiro atoms. The van der Waals surface area contributed by atoms with Crippen LogP contribution in [0.3, 0.4) is 0 Å². The highest BCUT2D eigenvalue weighted by Crippen LogP contribution is 2.12. The van der Waals surface area contributed by atoms with Crippen molar-refractivity contribution in [3.63, 3.8) is 0 Å². The van der Waals surface area contributed by atoms with Crippen molar-refractivity contribution in [1.29, 1.82) is 0 Å². The van der Waals surface area contributed by atoms with Crippen molar-refractivity contribution in [3.05, 3.63) is 42.2 Å². The summed E-state index contributed by atoms with van der Waals surface area (Å²) in [7, 11) is 0. The minimum Gasteiger partial charge on any atom is -0.352 e. The molecule has 0 aliphatic heterocycles. The first kappa shape index (κ1) is 12.6. The van der Waals surface area contributed by atoms with E-state index in [-0.39, 0.29) is 5.91 Å². The summed E-state index contributed by atoms with van der Waals surface area (Å²) in [5.74, 6) is -0.0980. The van der Waals surface area contributed by atoms with Crippen LogP contribution in [0, 0.1) is 0 Å². The highest BCUT2D eigenvalue weighted by Gasteiger charge is 2.07. The summed E-state index contributed by atoms with van der Waals surface area (Å²) in [5, 5.41) is 10.4. The molecule has 1 amide bonds. The van der Waals surface area contributed by atoms with Crippen LogP contribution in [0.5, 0.6) is 0 Å². The average Bonchev–Trinajstić information content (AvgIpc) is 2.88. The van der Waals surface area contributed by atoms with Crippen molar-refractivity contribution in [1.82, 2.24) is 20.3 Å². The Kier molecular flexibility index (Phi) is 4.35.